The molecule has 17 heavy (non-hydrogen) atoms. The van der Waals surface area contributed by atoms with Gasteiger partial charge in [0.25, 0.3) is 0 Å². The minimum absolute atomic E-state index is 0.0629. The van der Waals surface area contributed by atoms with Crippen molar-refractivity contribution in [1.29, 1.82) is 0 Å². The van der Waals surface area contributed by atoms with E-state index in [9.17, 15) is 0 Å². The zero-order chi connectivity index (χ0) is 12.4. The predicted molar refractivity (Wildman–Crippen MR) is 65.3 cm³/mol. The quantitative estimate of drug-likeness (QED) is 0.857. The maximum atomic E-state index is 6.17. The molecule has 2 aromatic heterocycles. The van der Waals surface area contributed by atoms with Gasteiger partial charge in [-0.3, -0.25) is 9.67 Å². The van der Waals surface area contributed by atoms with Crippen molar-refractivity contribution in [3.05, 3.63) is 41.0 Å². The molecule has 5 nitrogen and oxygen atoms in total. The molecule has 0 spiro atoms. The van der Waals surface area contributed by atoms with E-state index in [0.29, 0.717) is 6.42 Å². The van der Waals surface area contributed by atoms with E-state index in [0.717, 1.165) is 22.6 Å². The van der Waals surface area contributed by atoms with Gasteiger partial charge in [-0.1, -0.05) is 5.21 Å². The normalized spacial score (nSPS) is 12.7. The SMILES string of the molecule is Cc1cc(C(N)Cc2cn(C)nn2)cc(C)n1. The Labute approximate surface area is 101 Å². The summed E-state index contributed by atoms with van der Waals surface area (Å²) in [7, 11) is 1.85. The lowest BCUT2D eigenvalue weighted by molar-refractivity contribution is 0.691. The van der Waals surface area contributed by atoms with E-state index >= 15 is 0 Å². The number of aromatic nitrogens is 4. The van der Waals surface area contributed by atoms with Crippen LogP contribution >= 0.6 is 0 Å². The Morgan fingerprint density at radius 3 is 2.47 bits per heavy atom. The lowest BCUT2D eigenvalue weighted by Gasteiger charge is -2.11. The van der Waals surface area contributed by atoms with Gasteiger partial charge in [0.15, 0.2) is 0 Å². The molecule has 2 heterocycles. The lowest BCUT2D eigenvalue weighted by Crippen LogP contribution is -2.14. The first-order valence-electron chi connectivity index (χ1n) is 5.60. The zero-order valence-electron chi connectivity index (χ0n) is 10.4. The molecule has 0 aliphatic heterocycles. The summed E-state index contributed by atoms with van der Waals surface area (Å²) in [6.07, 6.45) is 2.58. The summed E-state index contributed by atoms with van der Waals surface area (Å²) in [6, 6.07) is 3.98. The van der Waals surface area contributed by atoms with Gasteiger partial charge >= 0.3 is 0 Å². The predicted octanol–water partition coefficient (Wildman–Crippen LogP) is 1.07. The smallest absolute Gasteiger partial charge is 0.0845 e. The second kappa shape index (κ2) is 4.63. The molecule has 0 aliphatic carbocycles. The largest absolute Gasteiger partial charge is 0.324 e. The van der Waals surface area contributed by atoms with Crippen LogP contribution in [0, 0.1) is 13.8 Å². The molecule has 1 atom stereocenters. The molecule has 0 saturated heterocycles. The Balaban J connectivity index is 2.16. The van der Waals surface area contributed by atoms with Crippen LogP contribution in [0.5, 0.6) is 0 Å². The third-order valence-corrected chi connectivity index (χ3v) is 2.61. The molecule has 0 radical (unpaired) electrons. The van der Waals surface area contributed by atoms with Gasteiger partial charge < -0.3 is 5.73 Å². The first-order chi connectivity index (χ1) is 8.04. The number of hydrogen-bond donors (Lipinski definition) is 1. The summed E-state index contributed by atoms with van der Waals surface area (Å²) in [5.41, 5.74) is 10.2. The fourth-order valence-corrected chi connectivity index (χ4v) is 1.91. The van der Waals surface area contributed by atoms with Gasteiger partial charge in [0, 0.05) is 37.1 Å². The number of aryl methyl sites for hydroxylation is 3. The second-order valence-corrected chi connectivity index (χ2v) is 4.38. The van der Waals surface area contributed by atoms with E-state index in [1.54, 1.807) is 4.68 Å². The van der Waals surface area contributed by atoms with Crippen LogP contribution in [0.2, 0.25) is 0 Å². The van der Waals surface area contributed by atoms with E-state index in [-0.39, 0.29) is 6.04 Å². The van der Waals surface area contributed by atoms with Crippen LogP contribution in [0.4, 0.5) is 0 Å². The molecule has 1 unspecified atom stereocenters. The molecule has 90 valence electrons. The molecule has 2 rings (SSSR count). The molecule has 0 fully saturated rings. The van der Waals surface area contributed by atoms with Gasteiger partial charge in [-0.05, 0) is 31.5 Å². The zero-order valence-corrected chi connectivity index (χ0v) is 10.4. The summed E-state index contributed by atoms with van der Waals surface area (Å²) in [5.74, 6) is 0. The van der Waals surface area contributed by atoms with E-state index in [1.807, 2.05) is 39.2 Å². The number of pyridine rings is 1. The van der Waals surface area contributed by atoms with Crippen molar-refractivity contribution in [3.8, 4) is 0 Å². The minimum atomic E-state index is -0.0629. The number of hydrogen-bond acceptors (Lipinski definition) is 4. The monoisotopic (exact) mass is 231 g/mol. The van der Waals surface area contributed by atoms with Crippen LogP contribution in [0.15, 0.2) is 18.3 Å². The molecular formula is C12H17N5. The highest BCUT2D eigenvalue weighted by Gasteiger charge is 2.10. The third kappa shape index (κ3) is 2.88. The molecule has 0 aliphatic rings. The molecule has 0 aromatic carbocycles. The molecule has 0 saturated carbocycles. The van der Waals surface area contributed by atoms with Crippen molar-refractivity contribution in [2.75, 3.05) is 0 Å². The highest BCUT2D eigenvalue weighted by atomic mass is 15.4. The van der Waals surface area contributed by atoms with Gasteiger partial charge in [-0.2, -0.15) is 0 Å². The average Bonchev–Trinajstić information content (AvgIpc) is 2.62. The first-order valence-corrected chi connectivity index (χ1v) is 5.60. The van der Waals surface area contributed by atoms with E-state index in [1.165, 1.54) is 0 Å². The van der Waals surface area contributed by atoms with E-state index in [4.69, 9.17) is 5.73 Å². The first kappa shape index (κ1) is 11.7. The molecule has 5 heteroatoms. The fraction of sp³-hybridized carbons (Fsp3) is 0.417. The van der Waals surface area contributed by atoms with E-state index < -0.39 is 0 Å². The molecule has 0 bridgehead atoms. The maximum absolute atomic E-state index is 6.17. The topological polar surface area (TPSA) is 69.6 Å². The standard InChI is InChI=1S/C12H17N5/c1-8-4-10(5-9(2)14-8)12(13)6-11-7-17(3)16-15-11/h4-5,7,12H,6,13H2,1-3H3. The van der Waals surface area contributed by atoms with Crippen molar-refractivity contribution in [3.63, 3.8) is 0 Å². The summed E-state index contributed by atoms with van der Waals surface area (Å²) in [5, 5.41) is 7.94. The molecule has 0 amide bonds. The Kier molecular flexibility index (Phi) is 3.19. The molecule has 2 aromatic rings. The number of nitrogens with two attached hydrogens (primary N) is 1. The highest BCUT2D eigenvalue weighted by molar-refractivity contribution is 5.24. The third-order valence-electron chi connectivity index (χ3n) is 2.61. The number of rotatable bonds is 3. The Morgan fingerprint density at radius 1 is 1.29 bits per heavy atom. The van der Waals surface area contributed by atoms with Gasteiger partial charge in [0.2, 0.25) is 0 Å². The van der Waals surface area contributed by atoms with Crippen molar-refractivity contribution in [2.24, 2.45) is 12.8 Å². The van der Waals surface area contributed by atoms with Gasteiger partial charge in [-0.15, -0.1) is 5.10 Å². The van der Waals surface area contributed by atoms with Crippen LogP contribution in [-0.4, -0.2) is 20.0 Å². The van der Waals surface area contributed by atoms with Crippen molar-refractivity contribution >= 4 is 0 Å². The molecular weight excluding hydrogens is 214 g/mol. The van der Waals surface area contributed by atoms with Crippen LogP contribution in [-0.2, 0) is 13.5 Å². The minimum Gasteiger partial charge on any atom is -0.324 e. The summed E-state index contributed by atoms with van der Waals surface area (Å²) in [4.78, 5) is 4.34. The number of nitrogens with zero attached hydrogens (tertiary/aromatic N) is 4. The van der Waals surface area contributed by atoms with Crippen LogP contribution < -0.4 is 5.73 Å². The summed E-state index contributed by atoms with van der Waals surface area (Å²) in [6.45, 7) is 3.96. The van der Waals surface area contributed by atoms with Gasteiger partial charge in [0.05, 0.1) is 5.69 Å². The highest BCUT2D eigenvalue weighted by Crippen LogP contribution is 2.16. The molecule has 2 N–H and O–H groups in total. The lowest BCUT2D eigenvalue weighted by atomic mass is 10.0. The second-order valence-electron chi connectivity index (χ2n) is 4.38. The van der Waals surface area contributed by atoms with Crippen LogP contribution in [0.3, 0.4) is 0 Å². The van der Waals surface area contributed by atoms with Crippen LogP contribution in [0.1, 0.15) is 28.7 Å². The van der Waals surface area contributed by atoms with Gasteiger partial charge in [0.1, 0.15) is 0 Å². The van der Waals surface area contributed by atoms with Crippen molar-refractivity contribution in [2.45, 2.75) is 26.3 Å². The summed E-state index contributed by atoms with van der Waals surface area (Å²) < 4.78 is 1.69. The Morgan fingerprint density at radius 2 is 1.94 bits per heavy atom. The van der Waals surface area contributed by atoms with Crippen molar-refractivity contribution in [1.82, 2.24) is 20.0 Å². The van der Waals surface area contributed by atoms with Crippen molar-refractivity contribution < 1.29 is 0 Å². The Bertz CT molecular complexity index is 497. The van der Waals surface area contributed by atoms with Gasteiger partial charge in [-0.25, -0.2) is 0 Å². The maximum Gasteiger partial charge on any atom is 0.0845 e. The summed E-state index contributed by atoms with van der Waals surface area (Å²) >= 11 is 0. The average molecular weight is 231 g/mol. The van der Waals surface area contributed by atoms with Crippen LogP contribution in [0.25, 0.3) is 0 Å². The Hall–Kier alpha value is -1.75. The van der Waals surface area contributed by atoms with E-state index in [2.05, 4.69) is 15.3 Å². The fourth-order valence-electron chi connectivity index (χ4n) is 1.91.